The largest absolute Gasteiger partial charge is 0.481 e. The minimum atomic E-state index is -0.909. The zero-order valence-electron chi connectivity index (χ0n) is 14.7. The van der Waals surface area contributed by atoms with Gasteiger partial charge in [0.1, 0.15) is 0 Å². The highest BCUT2D eigenvalue weighted by Gasteiger charge is 2.42. The normalized spacial score (nSPS) is 25.1. The summed E-state index contributed by atoms with van der Waals surface area (Å²) in [5.41, 5.74) is -0.102. The third-order valence-corrected chi connectivity index (χ3v) is 5.37. The van der Waals surface area contributed by atoms with Crippen molar-refractivity contribution >= 4 is 23.7 Å². The Morgan fingerprint density at radius 1 is 1.19 bits per heavy atom. The molecule has 2 atom stereocenters. The summed E-state index contributed by atoms with van der Waals surface area (Å²) in [6.07, 6.45) is 2.77. The molecule has 2 unspecified atom stereocenters. The summed E-state index contributed by atoms with van der Waals surface area (Å²) in [4.78, 5) is 49.5. The van der Waals surface area contributed by atoms with Crippen molar-refractivity contribution in [2.24, 2.45) is 5.92 Å². The molecular formula is C19H22N2O5. The molecule has 1 aliphatic heterocycles. The van der Waals surface area contributed by atoms with Crippen LogP contribution < -0.4 is 5.32 Å². The van der Waals surface area contributed by atoms with Gasteiger partial charge in [0, 0.05) is 13.0 Å². The third kappa shape index (κ3) is 3.21. The number of nitrogens with one attached hydrogen (secondary N) is 1. The molecule has 1 aromatic carbocycles. The molecule has 7 heteroatoms. The second kappa shape index (κ2) is 6.90. The van der Waals surface area contributed by atoms with Crippen molar-refractivity contribution in [2.45, 2.75) is 44.6 Å². The molecule has 3 rings (SSSR count). The van der Waals surface area contributed by atoms with Gasteiger partial charge in [-0.2, -0.15) is 0 Å². The van der Waals surface area contributed by atoms with E-state index < -0.39 is 29.2 Å². The topological polar surface area (TPSA) is 104 Å². The number of carbonyl (C=O) groups is 4. The minimum absolute atomic E-state index is 0.0218. The quantitative estimate of drug-likeness (QED) is 0.782. The van der Waals surface area contributed by atoms with E-state index in [0.29, 0.717) is 24.0 Å². The maximum atomic E-state index is 12.4. The lowest BCUT2D eigenvalue weighted by Crippen LogP contribution is -2.55. The van der Waals surface area contributed by atoms with E-state index in [1.54, 1.807) is 31.2 Å². The summed E-state index contributed by atoms with van der Waals surface area (Å²) in [6.45, 7) is 1.73. The number of carbonyl (C=O) groups excluding carboxylic acids is 3. The van der Waals surface area contributed by atoms with Crippen molar-refractivity contribution < 1.29 is 24.3 Å². The van der Waals surface area contributed by atoms with E-state index in [9.17, 15) is 24.3 Å². The maximum Gasteiger partial charge on any atom is 0.308 e. The molecule has 26 heavy (non-hydrogen) atoms. The lowest BCUT2D eigenvalue weighted by molar-refractivity contribution is -0.146. The molecule has 0 bridgehead atoms. The van der Waals surface area contributed by atoms with Gasteiger partial charge in [0.25, 0.3) is 11.8 Å². The Morgan fingerprint density at radius 3 is 2.38 bits per heavy atom. The Bertz CT molecular complexity index is 740. The molecule has 138 valence electrons. The summed E-state index contributed by atoms with van der Waals surface area (Å²) in [7, 11) is 0. The van der Waals surface area contributed by atoms with Crippen LogP contribution in [0.4, 0.5) is 0 Å². The van der Waals surface area contributed by atoms with Crippen LogP contribution in [0.15, 0.2) is 24.3 Å². The van der Waals surface area contributed by atoms with E-state index in [0.717, 1.165) is 17.7 Å². The molecule has 1 fully saturated rings. The summed E-state index contributed by atoms with van der Waals surface area (Å²) >= 11 is 0. The number of aliphatic carboxylic acids is 1. The van der Waals surface area contributed by atoms with Crippen LogP contribution in [-0.2, 0) is 9.59 Å². The highest BCUT2D eigenvalue weighted by Crippen LogP contribution is 2.34. The first-order valence-corrected chi connectivity index (χ1v) is 8.82. The number of hydrogen-bond acceptors (Lipinski definition) is 4. The lowest BCUT2D eigenvalue weighted by atomic mass is 9.74. The summed E-state index contributed by atoms with van der Waals surface area (Å²) < 4.78 is 0. The minimum Gasteiger partial charge on any atom is -0.481 e. The standard InChI is InChI=1S/C19H22N2O5/c1-19(10-5-4-8-14(19)18(25)26)20-15(22)9-11-21-16(23)12-6-2-3-7-13(12)17(21)24/h2-3,6-7,14H,4-5,8-11H2,1H3,(H,20,22)(H,25,26). The van der Waals surface area contributed by atoms with Crippen LogP contribution in [0.2, 0.25) is 0 Å². The first-order chi connectivity index (χ1) is 12.3. The summed E-state index contributed by atoms with van der Waals surface area (Å²) in [5.74, 6) is -2.68. The lowest BCUT2D eigenvalue weighted by Gasteiger charge is -2.40. The van der Waals surface area contributed by atoms with Gasteiger partial charge < -0.3 is 10.4 Å². The fourth-order valence-corrected chi connectivity index (χ4v) is 3.92. The average molecular weight is 358 g/mol. The molecule has 1 saturated carbocycles. The molecule has 1 heterocycles. The zero-order chi connectivity index (χ0) is 18.9. The van der Waals surface area contributed by atoms with Crippen LogP contribution >= 0.6 is 0 Å². The molecule has 0 radical (unpaired) electrons. The van der Waals surface area contributed by atoms with Crippen molar-refractivity contribution in [1.82, 2.24) is 10.2 Å². The van der Waals surface area contributed by atoms with Crippen LogP contribution in [0.25, 0.3) is 0 Å². The second-order valence-corrected chi connectivity index (χ2v) is 7.16. The Morgan fingerprint density at radius 2 is 1.81 bits per heavy atom. The van der Waals surface area contributed by atoms with E-state index >= 15 is 0 Å². The number of imide groups is 1. The van der Waals surface area contributed by atoms with Gasteiger partial charge >= 0.3 is 5.97 Å². The van der Waals surface area contributed by atoms with Gasteiger partial charge in [-0.05, 0) is 31.9 Å². The first kappa shape index (κ1) is 18.1. The number of hydrogen-bond donors (Lipinski definition) is 2. The molecule has 0 saturated heterocycles. The predicted octanol–water partition coefficient (Wildman–Crippen LogP) is 1.82. The molecule has 0 spiro atoms. The molecule has 2 N–H and O–H groups in total. The number of benzene rings is 1. The molecular weight excluding hydrogens is 336 g/mol. The van der Waals surface area contributed by atoms with Gasteiger partial charge in [-0.1, -0.05) is 25.0 Å². The van der Waals surface area contributed by atoms with Crippen molar-refractivity contribution in [2.75, 3.05) is 6.54 Å². The van der Waals surface area contributed by atoms with Crippen LogP contribution in [0.5, 0.6) is 0 Å². The number of amides is 3. The smallest absolute Gasteiger partial charge is 0.308 e. The van der Waals surface area contributed by atoms with E-state index in [1.807, 2.05) is 0 Å². The Balaban J connectivity index is 1.62. The van der Waals surface area contributed by atoms with E-state index in [2.05, 4.69) is 5.32 Å². The van der Waals surface area contributed by atoms with Gasteiger partial charge in [0.15, 0.2) is 0 Å². The van der Waals surface area contributed by atoms with Gasteiger partial charge in [-0.15, -0.1) is 0 Å². The second-order valence-electron chi connectivity index (χ2n) is 7.16. The monoisotopic (exact) mass is 358 g/mol. The summed E-state index contributed by atoms with van der Waals surface area (Å²) in [5, 5.41) is 12.2. The SMILES string of the molecule is CC1(NC(=O)CCN2C(=O)c3ccccc3C2=O)CCCCC1C(=O)O. The van der Waals surface area contributed by atoms with Crippen LogP contribution in [0, 0.1) is 5.92 Å². The Kier molecular flexibility index (Phi) is 4.80. The first-order valence-electron chi connectivity index (χ1n) is 8.82. The van der Waals surface area contributed by atoms with E-state index in [1.165, 1.54) is 0 Å². The van der Waals surface area contributed by atoms with E-state index in [4.69, 9.17) is 0 Å². The Labute approximate surface area is 151 Å². The number of carboxylic acids is 1. The number of rotatable bonds is 5. The highest BCUT2D eigenvalue weighted by molar-refractivity contribution is 6.21. The molecule has 1 aliphatic carbocycles. The number of carboxylic acid groups (broad SMARTS) is 1. The van der Waals surface area contributed by atoms with Crippen molar-refractivity contribution in [1.29, 1.82) is 0 Å². The van der Waals surface area contributed by atoms with Crippen LogP contribution in [0.1, 0.15) is 59.7 Å². The van der Waals surface area contributed by atoms with Crippen molar-refractivity contribution in [3.05, 3.63) is 35.4 Å². The predicted molar refractivity (Wildman–Crippen MR) is 92.6 cm³/mol. The fourth-order valence-electron chi connectivity index (χ4n) is 3.92. The number of nitrogens with zero attached hydrogens (tertiary/aromatic N) is 1. The van der Waals surface area contributed by atoms with E-state index in [-0.39, 0.29) is 18.9 Å². The Hall–Kier alpha value is -2.70. The molecule has 7 nitrogen and oxygen atoms in total. The van der Waals surface area contributed by atoms with Crippen molar-refractivity contribution in [3.8, 4) is 0 Å². The van der Waals surface area contributed by atoms with Gasteiger partial charge in [0.2, 0.25) is 5.91 Å². The van der Waals surface area contributed by atoms with Crippen LogP contribution in [-0.4, -0.2) is 45.8 Å². The molecule has 1 aromatic rings. The number of fused-ring (bicyclic) bond motifs is 1. The zero-order valence-corrected chi connectivity index (χ0v) is 14.7. The van der Waals surface area contributed by atoms with Gasteiger partial charge in [0.05, 0.1) is 22.6 Å². The van der Waals surface area contributed by atoms with Gasteiger partial charge in [-0.3, -0.25) is 24.1 Å². The van der Waals surface area contributed by atoms with Crippen LogP contribution in [0.3, 0.4) is 0 Å². The summed E-state index contributed by atoms with van der Waals surface area (Å²) in [6, 6.07) is 6.57. The highest BCUT2D eigenvalue weighted by atomic mass is 16.4. The van der Waals surface area contributed by atoms with Crippen molar-refractivity contribution in [3.63, 3.8) is 0 Å². The average Bonchev–Trinajstić information content (AvgIpc) is 2.84. The van der Waals surface area contributed by atoms with Gasteiger partial charge in [-0.25, -0.2) is 0 Å². The third-order valence-electron chi connectivity index (χ3n) is 5.37. The maximum absolute atomic E-state index is 12.4. The molecule has 0 aromatic heterocycles. The fraction of sp³-hybridized carbons (Fsp3) is 0.474. The molecule has 2 aliphatic rings. The molecule has 3 amide bonds.